The summed E-state index contributed by atoms with van der Waals surface area (Å²) in [5.74, 6) is -1.89. The van der Waals surface area contributed by atoms with Crippen molar-refractivity contribution in [3.8, 4) is 0 Å². The smallest absolute Gasteiger partial charge is 0.224 e. The molecule has 0 aliphatic heterocycles. The van der Waals surface area contributed by atoms with Crippen molar-refractivity contribution in [2.75, 3.05) is 0 Å². The summed E-state index contributed by atoms with van der Waals surface area (Å²) in [6, 6.07) is 7.91. The van der Waals surface area contributed by atoms with E-state index in [2.05, 4.69) is 5.32 Å². The van der Waals surface area contributed by atoms with Gasteiger partial charge in [0.05, 0.1) is 6.04 Å². The fourth-order valence-electron chi connectivity index (χ4n) is 4.26. The topological polar surface area (TPSA) is 69.2 Å². The van der Waals surface area contributed by atoms with Crippen LogP contribution in [0.2, 0.25) is 0 Å². The van der Waals surface area contributed by atoms with Gasteiger partial charge in [-0.25, -0.2) is 0 Å². The fraction of sp³-hybridized carbons (Fsp3) is 0.556. The Morgan fingerprint density at radius 3 is 2.32 bits per heavy atom. The van der Waals surface area contributed by atoms with Crippen molar-refractivity contribution >= 4 is 11.9 Å². The van der Waals surface area contributed by atoms with Crippen molar-refractivity contribution in [1.29, 1.82) is 0 Å². The standard InChI is InChI=1S/C18H23NO3/c1-10-3-5-12(6-4-10)11(2)19-17(20)15-13-7-8-14(9-13)16(15)18(21)22/h3-6,11,13-16H,7-9H2,1-2H3,(H,19,20)(H,21,22)/p-1/t11-,13-,14-,15-,16-/m0/s1. The molecule has 1 aromatic carbocycles. The Morgan fingerprint density at radius 2 is 1.73 bits per heavy atom. The molecule has 4 nitrogen and oxygen atoms in total. The number of aryl methyl sites for hydroxylation is 1. The number of carboxylic acids is 1. The van der Waals surface area contributed by atoms with E-state index in [1.165, 1.54) is 5.56 Å². The summed E-state index contributed by atoms with van der Waals surface area (Å²) in [4.78, 5) is 24.0. The van der Waals surface area contributed by atoms with Gasteiger partial charge < -0.3 is 15.2 Å². The molecule has 2 bridgehead atoms. The number of benzene rings is 1. The third-order valence-corrected chi connectivity index (χ3v) is 5.43. The van der Waals surface area contributed by atoms with Gasteiger partial charge in [0, 0.05) is 17.8 Å². The molecule has 118 valence electrons. The van der Waals surface area contributed by atoms with Gasteiger partial charge >= 0.3 is 0 Å². The largest absolute Gasteiger partial charge is 0.550 e. The molecule has 0 aromatic heterocycles. The van der Waals surface area contributed by atoms with Crippen LogP contribution in [0, 0.1) is 30.6 Å². The normalized spacial score (nSPS) is 31.0. The van der Waals surface area contributed by atoms with Crippen LogP contribution in [0.1, 0.15) is 43.4 Å². The molecule has 1 aromatic rings. The summed E-state index contributed by atoms with van der Waals surface area (Å²) in [5.41, 5.74) is 2.21. The molecule has 0 radical (unpaired) electrons. The van der Waals surface area contributed by atoms with Crippen LogP contribution in [-0.2, 0) is 9.59 Å². The number of rotatable bonds is 4. The third-order valence-electron chi connectivity index (χ3n) is 5.43. The van der Waals surface area contributed by atoms with Gasteiger partial charge in [-0.05, 0) is 50.5 Å². The second-order valence-electron chi connectivity index (χ2n) is 6.84. The van der Waals surface area contributed by atoms with Crippen LogP contribution in [0.5, 0.6) is 0 Å². The Kier molecular flexibility index (Phi) is 3.94. The monoisotopic (exact) mass is 300 g/mol. The van der Waals surface area contributed by atoms with Gasteiger partial charge in [-0.2, -0.15) is 0 Å². The lowest BCUT2D eigenvalue weighted by Gasteiger charge is -2.31. The van der Waals surface area contributed by atoms with E-state index in [9.17, 15) is 14.7 Å². The molecule has 2 aliphatic rings. The molecule has 0 spiro atoms. The molecule has 5 atom stereocenters. The van der Waals surface area contributed by atoms with Gasteiger partial charge in [-0.3, -0.25) is 4.79 Å². The van der Waals surface area contributed by atoms with Crippen LogP contribution in [0.25, 0.3) is 0 Å². The SMILES string of the molecule is Cc1ccc([C@H](C)NC(=O)[C@H]2[C@H]3CC[C@@H](C3)[C@@H]2C(=O)[O-])cc1. The minimum Gasteiger partial charge on any atom is -0.550 e. The molecule has 22 heavy (non-hydrogen) atoms. The summed E-state index contributed by atoms with van der Waals surface area (Å²) in [6.07, 6.45) is 2.74. The van der Waals surface area contributed by atoms with Crippen molar-refractivity contribution in [2.24, 2.45) is 23.7 Å². The van der Waals surface area contributed by atoms with Crippen LogP contribution in [0.15, 0.2) is 24.3 Å². The van der Waals surface area contributed by atoms with E-state index in [4.69, 9.17) is 0 Å². The Hall–Kier alpha value is -1.84. The molecular weight excluding hydrogens is 278 g/mol. The Bertz CT molecular complexity index is 580. The highest BCUT2D eigenvalue weighted by Gasteiger charge is 2.51. The zero-order valence-electron chi connectivity index (χ0n) is 13.0. The molecule has 1 N–H and O–H groups in total. The van der Waals surface area contributed by atoms with Crippen LogP contribution in [-0.4, -0.2) is 11.9 Å². The first kappa shape index (κ1) is 15.1. The first-order valence-electron chi connectivity index (χ1n) is 8.05. The zero-order valence-corrected chi connectivity index (χ0v) is 13.0. The number of hydrogen-bond donors (Lipinski definition) is 1. The van der Waals surface area contributed by atoms with Gasteiger partial charge in [-0.1, -0.05) is 29.8 Å². The minimum absolute atomic E-state index is 0.116. The molecule has 2 aliphatic carbocycles. The number of aliphatic carboxylic acids is 1. The number of nitrogens with one attached hydrogen (secondary N) is 1. The summed E-state index contributed by atoms with van der Waals surface area (Å²) in [6.45, 7) is 3.95. The lowest BCUT2D eigenvalue weighted by molar-refractivity contribution is -0.314. The quantitative estimate of drug-likeness (QED) is 0.918. The van der Waals surface area contributed by atoms with E-state index >= 15 is 0 Å². The number of hydrogen-bond acceptors (Lipinski definition) is 3. The summed E-state index contributed by atoms with van der Waals surface area (Å²) in [7, 11) is 0. The second-order valence-corrected chi connectivity index (χ2v) is 6.84. The maximum absolute atomic E-state index is 12.6. The van der Waals surface area contributed by atoms with Gasteiger partial charge in [-0.15, -0.1) is 0 Å². The average Bonchev–Trinajstić information content (AvgIpc) is 3.08. The molecule has 0 unspecified atom stereocenters. The van der Waals surface area contributed by atoms with E-state index in [1.807, 2.05) is 38.1 Å². The first-order valence-corrected chi connectivity index (χ1v) is 8.05. The predicted molar refractivity (Wildman–Crippen MR) is 80.6 cm³/mol. The van der Waals surface area contributed by atoms with Gasteiger partial charge in [0.1, 0.15) is 0 Å². The molecule has 0 heterocycles. The lowest BCUT2D eigenvalue weighted by Crippen LogP contribution is -2.46. The van der Waals surface area contributed by atoms with E-state index in [-0.39, 0.29) is 23.8 Å². The third kappa shape index (κ3) is 2.62. The summed E-state index contributed by atoms with van der Waals surface area (Å²) < 4.78 is 0. The van der Waals surface area contributed by atoms with Crippen molar-refractivity contribution in [3.63, 3.8) is 0 Å². The van der Waals surface area contributed by atoms with Crippen molar-refractivity contribution in [3.05, 3.63) is 35.4 Å². The van der Waals surface area contributed by atoms with Gasteiger partial charge in [0.15, 0.2) is 0 Å². The lowest BCUT2D eigenvalue weighted by atomic mass is 9.78. The van der Waals surface area contributed by atoms with E-state index in [0.717, 1.165) is 24.8 Å². The van der Waals surface area contributed by atoms with Crippen molar-refractivity contribution < 1.29 is 14.7 Å². The molecule has 2 fully saturated rings. The van der Waals surface area contributed by atoms with Crippen LogP contribution >= 0.6 is 0 Å². The minimum atomic E-state index is -1.06. The van der Waals surface area contributed by atoms with Crippen molar-refractivity contribution in [1.82, 2.24) is 5.32 Å². The Balaban J connectivity index is 1.71. The van der Waals surface area contributed by atoms with Crippen LogP contribution in [0.4, 0.5) is 0 Å². The van der Waals surface area contributed by atoms with Gasteiger partial charge in [0.25, 0.3) is 0 Å². The molecule has 2 saturated carbocycles. The highest BCUT2D eigenvalue weighted by molar-refractivity contribution is 5.85. The highest BCUT2D eigenvalue weighted by Crippen LogP contribution is 2.52. The first-order chi connectivity index (χ1) is 10.5. The fourth-order valence-corrected chi connectivity index (χ4v) is 4.26. The highest BCUT2D eigenvalue weighted by atomic mass is 16.4. The van der Waals surface area contributed by atoms with Crippen molar-refractivity contribution in [2.45, 2.75) is 39.2 Å². The molecule has 1 amide bonds. The van der Waals surface area contributed by atoms with Crippen LogP contribution in [0.3, 0.4) is 0 Å². The van der Waals surface area contributed by atoms with E-state index in [0.29, 0.717) is 0 Å². The maximum atomic E-state index is 12.6. The predicted octanol–water partition coefficient (Wildman–Crippen LogP) is 1.58. The maximum Gasteiger partial charge on any atom is 0.224 e. The molecule has 3 rings (SSSR count). The van der Waals surface area contributed by atoms with E-state index < -0.39 is 17.8 Å². The summed E-state index contributed by atoms with van der Waals surface area (Å²) >= 11 is 0. The number of amides is 1. The zero-order chi connectivity index (χ0) is 15.9. The average molecular weight is 300 g/mol. The Labute approximate surface area is 130 Å². The number of fused-ring (bicyclic) bond motifs is 2. The van der Waals surface area contributed by atoms with E-state index in [1.54, 1.807) is 0 Å². The number of carbonyl (C=O) groups is 2. The number of carbonyl (C=O) groups excluding carboxylic acids is 2. The molecular formula is C18H22NO3-. The number of carboxylic acid groups (broad SMARTS) is 1. The van der Waals surface area contributed by atoms with Gasteiger partial charge in [0.2, 0.25) is 5.91 Å². The molecule has 0 saturated heterocycles. The molecule has 4 heteroatoms. The summed E-state index contributed by atoms with van der Waals surface area (Å²) in [5, 5.41) is 14.4. The van der Waals surface area contributed by atoms with Crippen LogP contribution < -0.4 is 10.4 Å². The Morgan fingerprint density at radius 1 is 1.14 bits per heavy atom. The second kappa shape index (κ2) is 5.75.